The molecule has 3 amide bonds. The van der Waals surface area contributed by atoms with Gasteiger partial charge in [-0.3, -0.25) is 19.4 Å². The second-order valence-corrected chi connectivity index (χ2v) is 13.7. The van der Waals surface area contributed by atoms with Crippen molar-refractivity contribution in [3.05, 3.63) is 53.1 Å². The highest BCUT2D eigenvalue weighted by molar-refractivity contribution is 6.31. The largest absolute Gasteiger partial charge is 0.382 e. The molecule has 5 rings (SSSR count). The SMILES string of the molecule is CC.CC.CC.COC(C)C.COCCOCCOCCOCCC(=O)NCCCCn1c(CN2C(=O)C3(CCN(C=O)CC3)c3ccncc32)nc2cc(Cl)ccc21. The number of imidazole rings is 1. The number of hydrogen-bond donors (Lipinski definition) is 1. The smallest absolute Gasteiger partial charge is 0.238 e. The molecular weight excluding hydrogens is 776 g/mol. The number of aromatic nitrogens is 3. The molecular formula is C44H73ClN6O8. The highest BCUT2D eigenvalue weighted by atomic mass is 35.5. The number of nitrogens with one attached hydrogen (secondary N) is 1. The average Bonchev–Trinajstić information content (AvgIpc) is 3.72. The minimum atomic E-state index is -0.672. The number of aryl methyl sites for hydroxylation is 1. The van der Waals surface area contributed by atoms with Gasteiger partial charge in [-0.1, -0.05) is 53.1 Å². The van der Waals surface area contributed by atoms with E-state index >= 15 is 0 Å². The monoisotopic (exact) mass is 849 g/mol. The van der Waals surface area contributed by atoms with Gasteiger partial charge in [0.15, 0.2) is 0 Å². The number of likely N-dealkylation sites (tertiary alicyclic amines) is 1. The molecule has 1 spiro atoms. The van der Waals surface area contributed by atoms with Gasteiger partial charge in [-0.05, 0) is 69.4 Å². The number of pyridine rings is 1. The Morgan fingerprint density at radius 1 is 0.915 bits per heavy atom. The van der Waals surface area contributed by atoms with Gasteiger partial charge < -0.3 is 43.4 Å². The van der Waals surface area contributed by atoms with Gasteiger partial charge >= 0.3 is 0 Å². The fourth-order valence-electron chi connectivity index (χ4n) is 6.36. The summed E-state index contributed by atoms with van der Waals surface area (Å²) < 4.78 is 28.1. The fraction of sp³-hybridized carbons (Fsp3) is 0.659. The van der Waals surface area contributed by atoms with Crippen molar-refractivity contribution in [1.29, 1.82) is 0 Å². The Kier molecular flexibility index (Phi) is 28.3. The number of nitrogens with zero attached hydrogens (tertiary/aromatic N) is 5. The van der Waals surface area contributed by atoms with E-state index in [-0.39, 0.29) is 24.8 Å². The van der Waals surface area contributed by atoms with Gasteiger partial charge in [-0.25, -0.2) is 4.98 Å². The lowest BCUT2D eigenvalue weighted by Crippen LogP contribution is -2.48. The van der Waals surface area contributed by atoms with E-state index in [1.165, 1.54) is 0 Å². The average molecular weight is 850 g/mol. The molecule has 0 bridgehead atoms. The number of ether oxygens (including phenoxy) is 5. The van der Waals surface area contributed by atoms with Crippen LogP contribution in [-0.4, -0.2) is 124 Å². The van der Waals surface area contributed by atoms with Crippen LogP contribution in [0.5, 0.6) is 0 Å². The van der Waals surface area contributed by atoms with Crippen LogP contribution in [0.3, 0.4) is 0 Å². The van der Waals surface area contributed by atoms with Crippen molar-refractivity contribution < 1.29 is 38.1 Å². The first-order valence-corrected chi connectivity index (χ1v) is 21.7. The molecule has 0 saturated carbocycles. The summed E-state index contributed by atoms with van der Waals surface area (Å²) in [6, 6.07) is 7.57. The number of anilines is 1. The van der Waals surface area contributed by atoms with Gasteiger partial charge in [0.1, 0.15) is 5.82 Å². The number of rotatable bonds is 21. The topological polar surface area (TPSA) is 147 Å². The Balaban J connectivity index is 0.00000143. The van der Waals surface area contributed by atoms with E-state index in [0.29, 0.717) is 96.4 Å². The lowest BCUT2D eigenvalue weighted by molar-refractivity contribution is -0.128. The molecule has 0 atom stereocenters. The molecule has 14 nitrogen and oxygen atoms in total. The van der Waals surface area contributed by atoms with Crippen LogP contribution in [0.1, 0.15) is 98.9 Å². The Bertz CT molecular complexity index is 1600. The summed E-state index contributed by atoms with van der Waals surface area (Å²) in [4.78, 5) is 50.6. The molecule has 15 heteroatoms. The maximum Gasteiger partial charge on any atom is 0.238 e. The van der Waals surface area contributed by atoms with Crippen LogP contribution in [-0.2, 0) is 56.6 Å². The quantitative estimate of drug-likeness (QED) is 0.0861. The summed E-state index contributed by atoms with van der Waals surface area (Å²) in [7, 11) is 3.33. The molecule has 1 aromatic carbocycles. The lowest BCUT2D eigenvalue weighted by Gasteiger charge is -2.36. The molecule has 2 aliphatic heterocycles. The van der Waals surface area contributed by atoms with Crippen LogP contribution in [0.25, 0.3) is 11.0 Å². The molecule has 1 fully saturated rings. The first kappa shape index (κ1) is 53.4. The second kappa shape index (κ2) is 31.2. The maximum absolute atomic E-state index is 14.1. The number of benzene rings is 1. The van der Waals surface area contributed by atoms with E-state index in [4.69, 9.17) is 40.3 Å². The van der Waals surface area contributed by atoms with Crippen molar-refractivity contribution in [3.8, 4) is 0 Å². The minimum Gasteiger partial charge on any atom is -0.382 e. The number of carbonyl (C=O) groups is 3. The molecule has 3 aromatic rings. The molecule has 1 saturated heterocycles. The van der Waals surface area contributed by atoms with E-state index in [9.17, 15) is 14.4 Å². The standard InChI is InChI=1S/C34H45ClN6O7.C4H10O.3C2H6/c1-45-16-17-47-20-21-48-19-18-46-15-7-32(43)37-10-2-3-12-40-29-5-4-26(35)22-28(29)38-31(40)24-41-30-23-36-11-6-27(30)34(33(41)44)8-13-39(25-42)14-9-34;1-4(2)5-3;3*1-2/h4-6,11,22-23,25H,2-3,7-10,12-21,24H2,1H3,(H,37,43);4H,1-3H3;3*1-2H3. The predicted molar refractivity (Wildman–Crippen MR) is 236 cm³/mol. The molecule has 334 valence electrons. The van der Waals surface area contributed by atoms with Crippen LogP contribution < -0.4 is 10.2 Å². The van der Waals surface area contributed by atoms with Gasteiger partial charge in [0.25, 0.3) is 0 Å². The van der Waals surface area contributed by atoms with E-state index < -0.39 is 5.41 Å². The number of hydrogen-bond acceptors (Lipinski definition) is 10. The molecule has 59 heavy (non-hydrogen) atoms. The van der Waals surface area contributed by atoms with E-state index in [1.807, 2.05) is 79.7 Å². The van der Waals surface area contributed by atoms with Gasteiger partial charge in [-0.15, -0.1) is 0 Å². The first-order chi connectivity index (χ1) is 28.7. The number of carbonyl (C=O) groups excluding carboxylic acids is 3. The van der Waals surface area contributed by atoms with Gasteiger partial charge in [0, 0.05) is 58.0 Å². The van der Waals surface area contributed by atoms with Gasteiger partial charge in [0.05, 0.1) is 87.2 Å². The van der Waals surface area contributed by atoms with Crippen molar-refractivity contribution in [1.82, 2.24) is 24.8 Å². The number of unbranched alkanes of at least 4 members (excludes halogenated alkanes) is 1. The molecule has 2 aromatic heterocycles. The Labute approximate surface area is 358 Å². The van der Waals surface area contributed by atoms with Gasteiger partial charge in [0.2, 0.25) is 18.2 Å². The van der Waals surface area contributed by atoms with Crippen LogP contribution >= 0.6 is 11.6 Å². The van der Waals surface area contributed by atoms with Crippen LogP contribution in [0.15, 0.2) is 36.7 Å². The molecule has 0 radical (unpaired) electrons. The summed E-state index contributed by atoms with van der Waals surface area (Å²) in [6.07, 6.45) is 7.71. The van der Waals surface area contributed by atoms with Gasteiger partial charge in [-0.2, -0.15) is 0 Å². The molecule has 0 unspecified atom stereocenters. The van der Waals surface area contributed by atoms with E-state index in [2.05, 4.69) is 14.9 Å². The maximum atomic E-state index is 14.1. The Morgan fingerprint density at radius 3 is 2.12 bits per heavy atom. The molecule has 2 aliphatic rings. The van der Waals surface area contributed by atoms with Crippen molar-refractivity contribution in [2.24, 2.45) is 0 Å². The highest BCUT2D eigenvalue weighted by Crippen LogP contribution is 2.48. The summed E-state index contributed by atoms with van der Waals surface area (Å²) >= 11 is 6.32. The summed E-state index contributed by atoms with van der Waals surface area (Å²) in [6.45, 7) is 21.9. The number of halogens is 1. The summed E-state index contributed by atoms with van der Waals surface area (Å²) in [5.41, 5.74) is 2.78. The number of amides is 3. The zero-order valence-electron chi connectivity index (χ0n) is 37.5. The second-order valence-electron chi connectivity index (χ2n) is 13.2. The normalized spacial score (nSPS) is 13.7. The minimum absolute atomic E-state index is 0.0234. The molecule has 1 N–H and O–H groups in total. The lowest BCUT2D eigenvalue weighted by atomic mass is 9.74. The number of methoxy groups -OCH3 is 2. The third-order valence-corrected chi connectivity index (χ3v) is 9.64. The van der Waals surface area contributed by atoms with E-state index in [0.717, 1.165) is 47.4 Å². The third kappa shape index (κ3) is 17.1. The van der Waals surface area contributed by atoms with Crippen molar-refractivity contribution in [3.63, 3.8) is 0 Å². The van der Waals surface area contributed by atoms with Crippen LogP contribution in [0.2, 0.25) is 5.02 Å². The van der Waals surface area contributed by atoms with Crippen LogP contribution in [0.4, 0.5) is 5.69 Å². The zero-order valence-corrected chi connectivity index (χ0v) is 38.3. The highest BCUT2D eigenvalue weighted by Gasteiger charge is 2.52. The fourth-order valence-corrected chi connectivity index (χ4v) is 6.53. The van der Waals surface area contributed by atoms with Crippen LogP contribution in [0, 0.1) is 0 Å². The summed E-state index contributed by atoms with van der Waals surface area (Å²) in [5.74, 6) is 0.718. The summed E-state index contributed by atoms with van der Waals surface area (Å²) in [5, 5.41) is 3.56. The molecule has 0 aliphatic carbocycles. The molecule has 4 heterocycles. The van der Waals surface area contributed by atoms with E-state index in [1.54, 1.807) is 36.4 Å². The predicted octanol–water partition coefficient (Wildman–Crippen LogP) is 7.22. The van der Waals surface area contributed by atoms with Crippen molar-refractivity contribution in [2.45, 2.75) is 112 Å². The van der Waals surface area contributed by atoms with Crippen molar-refractivity contribution in [2.75, 3.05) is 85.0 Å². The third-order valence-electron chi connectivity index (χ3n) is 9.40. The zero-order chi connectivity index (χ0) is 44.1. The first-order valence-electron chi connectivity index (χ1n) is 21.4. The number of fused-ring (bicyclic) bond motifs is 3. The van der Waals surface area contributed by atoms with Crippen molar-refractivity contribution >= 4 is 46.5 Å². The number of piperidine rings is 1. The Morgan fingerprint density at radius 2 is 1.53 bits per heavy atom. The Hall–Kier alpha value is -3.66.